The summed E-state index contributed by atoms with van der Waals surface area (Å²) < 4.78 is 25.7. The second-order valence-corrected chi connectivity index (χ2v) is 7.37. The van der Waals surface area contributed by atoms with Gasteiger partial charge >= 0.3 is 0 Å². The number of rotatable bonds is 5. The topological polar surface area (TPSA) is 107 Å². The Kier molecular flexibility index (Phi) is 5.34. The zero-order valence-corrected chi connectivity index (χ0v) is 14.7. The molecule has 0 aliphatic heterocycles. The standard InChI is InChI=1S/C16H13ClN2O5S/c1-3-10-7-15(14(19(21)22)9-13(10)16(20)18-2)25(23,24)12-6-4-5-11(17)8-12/h4-9H,2-3H2,1H3. The highest BCUT2D eigenvalue weighted by Crippen LogP contribution is 2.33. The van der Waals surface area contributed by atoms with Crippen molar-refractivity contribution < 1.29 is 18.1 Å². The molecular formula is C16H13ClN2O5S. The van der Waals surface area contributed by atoms with E-state index in [1.807, 2.05) is 0 Å². The molecule has 0 fully saturated rings. The molecule has 1 amide bonds. The number of carbonyl (C=O) groups is 1. The van der Waals surface area contributed by atoms with Crippen LogP contribution in [-0.2, 0) is 16.3 Å². The summed E-state index contributed by atoms with van der Waals surface area (Å²) in [7, 11) is -4.20. The maximum Gasteiger partial charge on any atom is 0.289 e. The summed E-state index contributed by atoms with van der Waals surface area (Å²) in [6.07, 6.45) is 0.284. The van der Waals surface area contributed by atoms with Crippen molar-refractivity contribution in [2.45, 2.75) is 23.1 Å². The summed E-state index contributed by atoms with van der Waals surface area (Å²) in [6, 6.07) is 7.48. The third kappa shape index (κ3) is 3.59. The Balaban J connectivity index is 2.82. The van der Waals surface area contributed by atoms with Gasteiger partial charge in [0.2, 0.25) is 9.84 Å². The molecule has 2 rings (SSSR count). The first-order valence-electron chi connectivity index (χ1n) is 7.05. The van der Waals surface area contributed by atoms with Gasteiger partial charge in [0.1, 0.15) is 4.90 Å². The fourth-order valence-corrected chi connectivity index (χ4v) is 4.06. The van der Waals surface area contributed by atoms with E-state index in [4.69, 9.17) is 11.6 Å². The van der Waals surface area contributed by atoms with E-state index < -0.39 is 31.3 Å². The zero-order chi connectivity index (χ0) is 18.8. The third-order valence-electron chi connectivity index (χ3n) is 3.53. The van der Waals surface area contributed by atoms with Crippen LogP contribution in [0.25, 0.3) is 0 Å². The van der Waals surface area contributed by atoms with Crippen LogP contribution in [0.3, 0.4) is 0 Å². The van der Waals surface area contributed by atoms with Gasteiger partial charge in [-0.05, 0) is 43.0 Å². The number of aryl methyl sites for hydroxylation is 1. The molecule has 2 aromatic carbocycles. The van der Waals surface area contributed by atoms with Crippen LogP contribution < -0.4 is 0 Å². The number of benzene rings is 2. The summed E-state index contributed by atoms with van der Waals surface area (Å²) in [6.45, 7) is 4.80. The van der Waals surface area contributed by atoms with Crippen molar-refractivity contribution in [2.75, 3.05) is 0 Å². The first-order chi connectivity index (χ1) is 11.7. The summed E-state index contributed by atoms with van der Waals surface area (Å²) >= 11 is 5.82. The first kappa shape index (κ1) is 18.8. The Hall–Kier alpha value is -2.58. The van der Waals surface area contributed by atoms with Gasteiger partial charge in [-0.3, -0.25) is 14.9 Å². The van der Waals surface area contributed by atoms with Gasteiger partial charge in [0.05, 0.1) is 15.4 Å². The van der Waals surface area contributed by atoms with Crippen LogP contribution in [-0.4, -0.2) is 26.0 Å². The number of sulfone groups is 1. The SMILES string of the molecule is C=NC(=O)c1cc([N+](=O)[O-])c(S(=O)(=O)c2cccc(Cl)c2)cc1CC. The molecule has 0 saturated carbocycles. The number of hydrogen-bond donors (Lipinski definition) is 0. The van der Waals surface area contributed by atoms with E-state index in [-0.39, 0.29) is 21.9 Å². The Morgan fingerprint density at radius 2 is 2.00 bits per heavy atom. The minimum absolute atomic E-state index is 0.0470. The van der Waals surface area contributed by atoms with Crippen LogP contribution in [0.4, 0.5) is 5.69 Å². The molecule has 0 atom stereocenters. The Morgan fingerprint density at radius 1 is 1.32 bits per heavy atom. The van der Waals surface area contributed by atoms with Gasteiger partial charge in [-0.2, -0.15) is 0 Å². The highest BCUT2D eigenvalue weighted by atomic mass is 35.5. The van der Waals surface area contributed by atoms with Gasteiger partial charge in [0.25, 0.3) is 11.6 Å². The molecule has 0 aromatic heterocycles. The molecule has 0 aliphatic rings. The minimum atomic E-state index is -4.20. The summed E-state index contributed by atoms with van der Waals surface area (Å²) in [5.41, 5.74) is -0.429. The molecule has 7 nitrogen and oxygen atoms in total. The average Bonchev–Trinajstić information content (AvgIpc) is 2.59. The molecule has 0 radical (unpaired) electrons. The van der Waals surface area contributed by atoms with Crippen LogP contribution in [0.2, 0.25) is 5.02 Å². The number of amides is 1. The van der Waals surface area contributed by atoms with Crippen molar-refractivity contribution in [1.82, 2.24) is 0 Å². The summed E-state index contributed by atoms with van der Waals surface area (Å²) in [5.74, 6) is -0.758. The number of carbonyl (C=O) groups excluding carboxylic acids is 1. The molecule has 0 aliphatic carbocycles. The smallest absolute Gasteiger partial charge is 0.267 e. The van der Waals surface area contributed by atoms with Crippen LogP contribution in [0.1, 0.15) is 22.8 Å². The van der Waals surface area contributed by atoms with Crippen LogP contribution in [0.15, 0.2) is 51.2 Å². The van der Waals surface area contributed by atoms with Crippen molar-refractivity contribution in [3.63, 3.8) is 0 Å². The van der Waals surface area contributed by atoms with Crippen molar-refractivity contribution in [1.29, 1.82) is 0 Å². The maximum absolute atomic E-state index is 12.8. The Labute approximate surface area is 149 Å². The predicted molar refractivity (Wildman–Crippen MR) is 93.3 cm³/mol. The van der Waals surface area contributed by atoms with E-state index in [1.54, 1.807) is 6.92 Å². The molecule has 0 N–H and O–H groups in total. The highest BCUT2D eigenvalue weighted by molar-refractivity contribution is 7.91. The number of hydrogen-bond acceptors (Lipinski definition) is 5. The van der Waals surface area contributed by atoms with Crippen molar-refractivity contribution >= 4 is 39.8 Å². The van der Waals surface area contributed by atoms with Gasteiger partial charge in [0, 0.05) is 11.1 Å². The molecular weight excluding hydrogens is 368 g/mol. The van der Waals surface area contributed by atoms with Gasteiger partial charge in [-0.1, -0.05) is 24.6 Å². The van der Waals surface area contributed by atoms with Gasteiger partial charge in [-0.15, -0.1) is 0 Å². The highest BCUT2D eigenvalue weighted by Gasteiger charge is 2.30. The Morgan fingerprint density at radius 3 is 2.52 bits per heavy atom. The van der Waals surface area contributed by atoms with Gasteiger partial charge < -0.3 is 0 Å². The molecule has 0 unspecified atom stereocenters. The second kappa shape index (κ2) is 7.12. The molecule has 0 bridgehead atoms. The lowest BCUT2D eigenvalue weighted by atomic mass is 10.0. The van der Waals surface area contributed by atoms with E-state index in [9.17, 15) is 23.3 Å². The predicted octanol–water partition coefficient (Wildman–Crippen LogP) is 3.48. The van der Waals surface area contributed by atoms with E-state index in [0.29, 0.717) is 5.56 Å². The van der Waals surface area contributed by atoms with Crippen molar-refractivity contribution in [2.24, 2.45) is 4.99 Å². The largest absolute Gasteiger partial charge is 0.289 e. The third-order valence-corrected chi connectivity index (χ3v) is 5.55. The van der Waals surface area contributed by atoms with Crippen LogP contribution in [0, 0.1) is 10.1 Å². The molecule has 25 heavy (non-hydrogen) atoms. The molecule has 0 saturated heterocycles. The van der Waals surface area contributed by atoms with E-state index in [2.05, 4.69) is 11.7 Å². The first-order valence-corrected chi connectivity index (χ1v) is 8.91. The Bertz CT molecular complexity index is 986. The lowest BCUT2D eigenvalue weighted by molar-refractivity contribution is -0.387. The molecule has 130 valence electrons. The average molecular weight is 381 g/mol. The summed E-state index contributed by atoms with van der Waals surface area (Å²) in [4.78, 5) is 24.9. The normalized spacial score (nSPS) is 11.1. The lowest BCUT2D eigenvalue weighted by Crippen LogP contribution is -2.10. The van der Waals surface area contributed by atoms with Gasteiger partial charge in [-0.25, -0.2) is 13.4 Å². The number of nitrogens with zero attached hydrogens (tertiary/aromatic N) is 2. The van der Waals surface area contributed by atoms with Crippen molar-refractivity contribution in [3.8, 4) is 0 Å². The van der Waals surface area contributed by atoms with Crippen LogP contribution >= 0.6 is 11.6 Å². The summed E-state index contributed by atoms with van der Waals surface area (Å²) in [5, 5.41) is 11.6. The minimum Gasteiger partial charge on any atom is -0.267 e. The quantitative estimate of drug-likeness (QED) is 0.448. The molecule has 2 aromatic rings. The number of aliphatic imine (C=N–C) groups is 1. The molecule has 0 spiro atoms. The van der Waals surface area contributed by atoms with Crippen molar-refractivity contribution in [3.05, 3.63) is 62.7 Å². The molecule has 0 heterocycles. The number of halogens is 1. The number of nitro groups is 1. The second-order valence-electron chi connectivity index (χ2n) is 5.01. The maximum atomic E-state index is 12.8. The van der Waals surface area contributed by atoms with E-state index in [1.165, 1.54) is 24.3 Å². The lowest BCUT2D eigenvalue weighted by Gasteiger charge is -2.10. The van der Waals surface area contributed by atoms with E-state index in [0.717, 1.165) is 12.1 Å². The fourth-order valence-electron chi connectivity index (χ4n) is 2.31. The fraction of sp³-hybridized carbons (Fsp3) is 0.125. The van der Waals surface area contributed by atoms with Crippen LogP contribution in [0.5, 0.6) is 0 Å². The van der Waals surface area contributed by atoms with E-state index >= 15 is 0 Å². The monoisotopic (exact) mass is 380 g/mol. The zero-order valence-electron chi connectivity index (χ0n) is 13.1. The molecule has 9 heteroatoms. The van der Waals surface area contributed by atoms with Gasteiger partial charge in [0.15, 0.2) is 0 Å². The number of nitro benzene ring substituents is 1.